The number of carbonyl (C=O) groups excluding carboxylic acids is 1. The molecule has 0 unspecified atom stereocenters. The van der Waals surface area contributed by atoms with Gasteiger partial charge >= 0.3 is 5.97 Å². The quantitative estimate of drug-likeness (QED) is 0.628. The van der Waals surface area contributed by atoms with Crippen LogP contribution in [0.4, 0.5) is 0 Å². The molecule has 0 heterocycles. The SMILES string of the molecule is COC(=O)c1cc(Br)c(CBr)cc1OC. The summed E-state index contributed by atoms with van der Waals surface area (Å²) in [5.41, 5.74) is 1.43. The second-order valence-corrected chi connectivity index (χ2v) is 4.18. The number of esters is 1. The third-order valence-electron chi connectivity index (χ3n) is 1.92. The van der Waals surface area contributed by atoms with Gasteiger partial charge in [0.1, 0.15) is 11.3 Å². The van der Waals surface area contributed by atoms with Crippen molar-refractivity contribution in [1.29, 1.82) is 0 Å². The fourth-order valence-corrected chi connectivity index (χ4v) is 2.46. The first-order chi connectivity index (χ1) is 7.13. The summed E-state index contributed by atoms with van der Waals surface area (Å²) in [6, 6.07) is 3.49. The summed E-state index contributed by atoms with van der Waals surface area (Å²) in [4.78, 5) is 11.4. The first kappa shape index (κ1) is 12.5. The Balaban J connectivity index is 3.27. The van der Waals surface area contributed by atoms with Gasteiger partial charge in [-0.3, -0.25) is 0 Å². The van der Waals surface area contributed by atoms with Crippen molar-refractivity contribution in [3.05, 3.63) is 27.7 Å². The van der Waals surface area contributed by atoms with E-state index in [9.17, 15) is 4.79 Å². The lowest BCUT2D eigenvalue weighted by atomic mass is 10.1. The van der Waals surface area contributed by atoms with E-state index in [-0.39, 0.29) is 0 Å². The van der Waals surface area contributed by atoms with Crippen molar-refractivity contribution in [1.82, 2.24) is 0 Å². The van der Waals surface area contributed by atoms with Crippen LogP contribution >= 0.6 is 31.9 Å². The molecule has 0 spiro atoms. The predicted molar refractivity (Wildman–Crippen MR) is 64.7 cm³/mol. The van der Waals surface area contributed by atoms with Gasteiger partial charge in [-0.1, -0.05) is 31.9 Å². The molecule has 0 saturated carbocycles. The fourth-order valence-electron chi connectivity index (χ4n) is 1.14. The lowest BCUT2D eigenvalue weighted by Crippen LogP contribution is -2.04. The number of rotatable bonds is 3. The van der Waals surface area contributed by atoms with Crippen molar-refractivity contribution in [3.63, 3.8) is 0 Å². The highest BCUT2D eigenvalue weighted by atomic mass is 79.9. The van der Waals surface area contributed by atoms with Crippen molar-refractivity contribution >= 4 is 37.8 Å². The van der Waals surface area contributed by atoms with E-state index in [1.807, 2.05) is 0 Å². The zero-order valence-corrected chi connectivity index (χ0v) is 11.5. The molecule has 82 valence electrons. The molecule has 0 saturated heterocycles. The number of carbonyl (C=O) groups is 1. The van der Waals surface area contributed by atoms with Gasteiger partial charge in [-0.25, -0.2) is 4.79 Å². The molecule has 1 aromatic rings. The largest absolute Gasteiger partial charge is 0.496 e. The molecule has 1 aromatic carbocycles. The zero-order valence-electron chi connectivity index (χ0n) is 8.34. The number of alkyl halides is 1. The van der Waals surface area contributed by atoms with E-state index in [4.69, 9.17) is 4.74 Å². The molecule has 0 bridgehead atoms. The van der Waals surface area contributed by atoms with Gasteiger partial charge in [0, 0.05) is 9.80 Å². The first-order valence-corrected chi connectivity index (χ1v) is 6.06. The summed E-state index contributed by atoms with van der Waals surface area (Å²) in [5, 5.41) is 0.686. The van der Waals surface area contributed by atoms with Crippen LogP contribution in [0.15, 0.2) is 16.6 Å². The molecule has 5 heteroatoms. The van der Waals surface area contributed by atoms with Crippen LogP contribution in [-0.4, -0.2) is 20.2 Å². The number of methoxy groups -OCH3 is 2. The Morgan fingerprint density at radius 1 is 1.40 bits per heavy atom. The van der Waals surface area contributed by atoms with E-state index in [2.05, 4.69) is 36.6 Å². The average molecular weight is 338 g/mol. The Hall–Kier alpha value is -0.550. The summed E-state index contributed by atoms with van der Waals surface area (Å²) in [5.74, 6) is 0.105. The van der Waals surface area contributed by atoms with E-state index in [0.29, 0.717) is 16.6 Å². The molecule has 15 heavy (non-hydrogen) atoms. The minimum absolute atomic E-state index is 0.409. The molecule has 0 atom stereocenters. The van der Waals surface area contributed by atoms with Crippen LogP contribution in [0.1, 0.15) is 15.9 Å². The van der Waals surface area contributed by atoms with E-state index >= 15 is 0 Å². The molecule has 0 aliphatic heterocycles. The standard InChI is InChI=1S/C10H10Br2O3/c1-14-9-3-6(5-11)8(12)4-7(9)10(13)15-2/h3-4H,5H2,1-2H3. The van der Waals surface area contributed by atoms with E-state index in [0.717, 1.165) is 10.0 Å². The summed E-state index contributed by atoms with van der Waals surface area (Å²) < 4.78 is 10.6. The molecule has 1 rings (SSSR count). The van der Waals surface area contributed by atoms with Crippen LogP contribution in [0.3, 0.4) is 0 Å². The van der Waals surface area contributed by atoms with Crippen LogP contribution < -0.4 is 4.74 Å². The van der Waals surface area contributed by atoms with Gasteiger partial charge in [-0.15, -0.1) is 0 Å². The first-order valence-electron chi connectivity index (χ1n) is 4.14. The number of halogens is 2. The molecular formula is C10H10Br2O3. The second kappa shape index (κ2) is 5.51. The van der Waals surface area contributed by atoms with Crippen LogP contribution in [0.25, 0.3) is 0 Å². The summed E-state index contributed by atoms with van der Waals surface area (Å²) in [6.07, 6.45) is 0. The molecule has 0 radical (unpaired) electrons. The number of benzene rings is 1. The summed E-state index contributed by atoms with van der Waals surface area (Å²) in [7, 11) is 2.86. The lowest BCUT2D eigenvalue weighted by molar-refractivity contribution is 0.0597. The van der Waals surface area contributed by atoms with Crippen LogP contribution in [0, 0.1) is 0 Å². The number of hydrogen-bond acceptors (Lipinski definition) is 3. The average Bonchev–Trinajstić information content (AvgIpc) is 2.27. The smallest absolute Gasteiger partial charge is 0.341 e. The minimum Gasteiger partial charge on any atom is -0.496 e. The topological polar surface area (TPSA) is 35.5 Å². The normalized spacial score (nSPS) is 9.87. The van der Waals surface area contributed by atoms with Gasteiger partial charge in [0.05, 0.1) is 14.2 Å². The van der Waals surface area contributed by atoms with Crippen molar-refractivity contribution in [3.8, 4) is 5.75 Å². The molecule has 0 amide bonds. The van der Waals surface area contributed by atoms with Crippen molar-refractivity contribution in [2.45, 2.75) is 5.33 Å². The van der Waals surface area contributed by atoms with Crippen molar-refractivity contribution < 1.29 is 14.3 Å². The van der Waals surface area contributed by atoms with Gasteiger partial charge in [0.2, 0.25) is 0 Å². The highest BCUT2D eigenvalue weighted by molar-refractivity contribution is 9.10. The maximum absolute atomic E-state index is 11.4. The van der Waals surface area contributed by atoms with Crippen LogP contribution in [-0.2, 0) is 10.1 Å². The highest BCUT2D eigenvalue weighted by Crippen LogP contribution is 2.29. The van der Waals surface area contributed by atoms with Gasteiger partial charge in [-0.05, 0) is 17.7 Å². The Morgan fingerprint density at radius 3 is 2.53 bits per heavy atom. The van der Waals surface area contributed by atoms with Crippen molar-refractivity contribution in [2.75, 3.05) is 14.2 Å². The van der Waals surface area contributed by atoms with Gasteiger partial charge in [0.15, 0.2) is 0 Å². The molecule has 0 aliphatic carbocycles. The number of ether oxygens (including phenoxy) is 2. The lowest BCUT2D eigenvalue weighted by Gasteiger charge is -2.09. The van der Waals surface area contributed by atoms with Gasteiger partial charge in [-0.2, -0.15) is 0 Å². The van der Waals surface area contributed by atoms with E-state index in [1.165, 1.54) is 14.2 Å². The molecule has 0 fully saturated rings. The molecular weight excluding hydrogens is 328 g/mol. The van der Waals surface area contributed by atoms with Crippen molar-refractivity contribution in [2.24, 2.45) is 0 Å². The third kappa shape index (κ3) is 2.72. The fraction of sp³-hybridized carbons (Fsp3) is 0.300. The van der Waals surface area contributed by atoms with Crippen LogP contribution in [0.5, 0.6) is 5.75 Å². The summed E-state index contributed by atoms with van der Waals surface area (Å²) >= 11 is 6.72. The number of hydrogen-bond donors (Lipinski definition) is 0. The van der Waals surface area contributed by atoms with E-state index < -0.39 is 5.97 Å². The molecule has 0 N–H and O–H groups in total. The van der Waals surface area contributed by atoms with Crippen LogP contribution in [0.2, 0.25) is 0 Å². The predicted octanol–water partition coefficient (Wildman–Crippen LogP) is 3.14. The highest BCUT2D eigenvalue weighted by Gasteiger charge is 2.15. The maximum atomic E-state index is 11.4. The van der Waals surface area contributed by atoms with E-state index in [1.54, 1.807) is 12.1 Å². The maximum Gasteiger partial charge on any atom is 0.341 e. The minimum atomic E-state index is -0.409. The molecule has 0 aliphatic rings. The zero-order chi connectivity index (χ0) is 11.4. The Kier molecular flexibility index (Phi) is 4.60. The molecule has 0 aromatic heterocycles. The second-order valence-electron chi connectivity index (χ2n) is 2.77. The Bertz CT molecular complexity index is 377. The molecule has 3 nitrogen and oxygen atoms in total. The monoisotopic (exact) mass is 336 g/mol. The Morgan fingerprint density at radius 2 is 2.07 bits per heavy atom. The Labute approximate surface area is 105 Å². The van der Waals surface area contributed by atoms with Gasteiger partial charge < -0.3 is 9.47 Å². The third-order valence-corrected chi connectivity index (χ3v) is 3.26. The summed E-state index contributed by atoms with van der Waals surface area (Å²) in [6.45, 7) is 0. The van der Waals surface area contributed by atoms with Gasteiger partial charge in [0.25, 0.3) is 0 Å².